The van der Waals surface area contributed by atoms with E-state index in [1.807, 2.05) is 58.3 Å². The number of nitrogens with two attached hydrogens (primary N) is 6. The summed E-state index contributed by atoms with van der Waals surface area (Å²) in [4.78, 5) is 99.2. The van der Waals surface area contributed by atoms with E-state index >= 15 is 0 Å². The van der Waals surface area contributed by atoms with Gasteiger partial charge < -0.3 is 80.6 Å². The molecule has 10 aromatic carbocycles. The van der Waals surface area contributed by atoms with E-state index in [-0.39, 0.29) is 97.2 Å². The van der Waals surface area contributed by atoms with Gasteiger partial charge in [0, 0.05) is 105 Å². The van der Waals surface area contributed by atoms with Crippen molar-refractivity contribution in [1.82, 2.24) is 49.8 Å². The Labute approximate surface area is 837 Å². The third-order valence-electron chi connectivity index (χ3n) is 16.2. The maximum Gasteiger partial charge on any atom is 1.00 e. The monoisotopic (exact) mass is 2090 g/mol. The summed E-state index contributed by atoms with van der Waals surface area (Å²) in [6.07, 6.45) is 7.16. The number of aliphatic hydroxyl groups is 2. The maximum absolute atomic E-state index is 13.9. The zero-order chi connectivity index (χ0) is 105. The summed E-state index contributed by atoms with van der Waals surface area (Å²) >= 11 is 17.9. The Morgan fingerprint density at radius 3 is 1.19 bits per heavy atom. The van der Waals surface area contributed by atoms with Crippen LogP contribution in [0.3, 0.4) is 0 Å². The van der Waals surface area contributed by atoms with Gasteiger partial charge in [-0.2, -0.15) is 30.7 Å². The van der Waals surface area contributed by atoms with Crippen LogP contribution in [-0.2, 0) is 53.7 Å². The smallest absolute Gasteiger partial charge is 0.857 e. The topological polar surface area (TPSA) is 654 Å². The first-order valence-corrected chi connectivity index (χ1v) is 41.7. The Balaban J connectivity index is 0.000000829. The van der Waals surface area contributed by atoms with Crippen LogP contribution in [0.5, 0.6) is 28.7 Å². The van der Waals surface area contributed by atoms with Crippen molar-refractivity contribution in [2.75, 3.05) is 51.1 Å². The summed E-state index contributed by atoms with van der Waals surface area (Å²) < 4.78 is 123. The molecule has 0 atom stereocenters. The molecule has 0 fully saturated rings. The second-order valence-electron chi connectivity index (χ2n) is 25.6. The molecule has 0 unspecified atom stereocenters. The number of carbonyl (C=O) groups is 2. The van der Waals surface area contributed by atoms with Gasteiger partial charge in [-0.05, 0) is 164 Å². The van der Waals surface area contributed by atoms with Gasteiger partial charge in [0.15, 0.2) is 28.8 Å². The number of hydrogen-bond acceptors (Lipinski definition) is 36. The summed E-state index contributed by atoms with van der Waals surface area (Å²) in [5.41, 5.74) is 15.0. The van der Waals surface area contributed by atoms with Gasteiger partial charge in [-0.3, -0.25) is 19.8 Å². The normalized spacial score (nSPS) is 9.77. The molecule has 55 heteroatoms. The number of nitrogen functional groups attached to an aromatic ring is 1. The average molecular weight is 2090 g/mol. The molecule has 0 spiro atoms. The number of anilines is 5. The van der Waals surface area contributed by atoms with Crippen LogP contribution in [0.4, 0.5) is 59.4 Å². The first-order chi connectivity index (χ1) is 66.3. The number of aromatic amines is 2. The number of benzene rings is 10. The summed E-state index contributed by atoms with van der Waals surface area (Å²) in [5, 5.41) is 70.9. The molecule has 0 aliphatic heterocycles. The molecule has 41 nitrogen and oxygen atoms in total. The Hall–Kier alpha value is -13.1. The van der Waals surface area contributed by atoms with Crippen LogP contribution in [0.2, 0.25) is 15.2 Å². The molecule has 0 aliphatic rings. The number of fused-ring (bicyclic) bond motifs is 5. The molecule has 0 bridgehead atoms. The van der Waals surface area contributed by atoms with E-state index < -0.39 is 50.3 Å². The molecule has 746 valence electrons. The summed E-state index contributed by atoms with van der Waals surface area (Å²) in [6.45, 7) is 5.19. The average Bonchev–Trinajstić information content (AvgIpc) is 0.783. The van der Waals surface area contributed by atoms with Gasteiger partial charge in [0.25, 0.3) is 17.1 Å². The number of halogens is 12. The largest absolute Gasteiger partial charge is 1.00 e. The van der Waals surface area contributed by atoms with Gasteiger partial charge in [-0.25, -0.2) is 95.4 Å². The number of H-pyrrole nitrogens is 2. The van der Waals surface area contributed by atoms with Crippen LogP contribution >= 0.6 is 56.2 Å². The number of methoxy groups -OCH3 is 4. The van der Waals surface area contributed by atoms with Gasteiger partial charge in [0.1, 0.15) is 70.7 Å². The van der Waals surface area contributed by atoms with Crippen LogP contribution in [0.15, 0.2) is 217 Å². The van der Waals surface area contributed by atoms with E-state index in [0.29, 0.717) is 108 Å². The number of aliphatic carboxylic acids is 1. The van der Waals surface area contributed by atoms with Crippen LogP contribution in [-0.4, -0.2) is 150 Å². The van der Waals surface area contributed by atoms with Crippen LogP contribution in [0.25, 0.3) is 54.5 Å². The number of nitrogens with one attached hydrogen (secondary N) is 3. The minimum atomic E-state index is -1.67. The Kier molecular flexibility index (Phi) is 60.7. The number of carboxylic acids is 2. The second kappa shape index (κ2) is 68.0. The number of aliphatic hydroxyl groups excluding tert-OH is 2. The van der Waals surface area contributed by atoms with Crippen molar-refractivity contribution in [3.05, 3.63) is 306 Å². The van der Waals surface area contributed by atoms with Crippen molar-refractivity contribution in [3.63, 3.8) is 0 Å². The molecule has 5 aromatic heterocycles. The molecule has 15 rings (SSSR count). The predicted molar refractivity (Wildman–Crippen MR) is 504 cm³/mol. The zero-order valence-corrected chi connectivity index (χ0v) is 81.1. The summed E-state index contributed by atoms with van der Waals surface area (Å²) in [7, 11) is 14.4. The van der Waals surface area contributed by atoms with Gasteiger partial charge in [0.05, 0.1) is 108 Å². The molecular weight excluding hydrogens is 2000 g/mol. The Morgan fingerprint density at radius 2 is 0.829 bits per heavy atom. The van der Waals surface area contributed by atoms with Crippen molar-refractivity contribution >= 4 is 167 Å². The van der Waals surface area contributed by atoms with Crippen molar-refractivity contribution in [2.24, 2.45) is 29.3 Å². The molecular formula is C85H88Cl5F7N19NaO22S. The van der Waals surface area contributed by atoms with E-state index in [1.54, 1.807) is 72.6 Å². The number of rotatable bonds is 16. The quantitative estimate of drug-likeness (QED) is 0.00492. The first-order valence-electron chi connectivity index (χ1n) is 37.8. The minimum absolute atomic E-state index is 0. The molecule has 140 heavy (non-hydrogen) atoms. The number of aromatic carboxylic acids is 1. The fourth-order valence-electron chi connectivity index (χ4n) is 10.8. The predicted octanol–water partition coefficient (Wildman–Crippen LogP) is 11.1. The molecule has 0 radical (unpaired) electrons. The van der Waals surface area contributed by atoms with Gasteiger partial charge in [0.2, 0.25) is 15.0 Å². The standard InChI is InChI=1S/C24H21ClFN3O3.C23H18ClF2N3O2.C8H5ClFN3O2.2C8H5FN2O.C7H6FNO2.C3H8O.C2H4O2.CH4N2.CH3O.Cl2OS.3H3NO2.Na/c1-31-22-8-4-15(10-23(22)32-2)12-29(17-5-7-20(26)19(25)11-17)24-18-6-3-16(13-30)9-21(18)27-14-28-24;1-30-21-8-3-14(9-22(21)31-2)12-29(16-5-7-19(26)18(24)11-16)23-17-6-4-15(25)10-20(17)27-13-28-23;9-8-4-1-7(14-15-11)5(10)2-6(4)12-3-13-8;2*9-5-1-2-6-7(3-5)10-4-11-8(6)12;8-4-1-2-5(7(10)11)6(9)3-4;1-3(2)4;1-2(3)4;2-1-3;1-2;1-4(2)3;3*1-3-2;/h3-11,14,30H,12-13H2,1-2H3;3-11,13H,12H2,1-2H3;1-3H,11H2;2*1-4H,(H,10,11,12);1-3H,9H2,(H,10,11);3-4H,1-2H3;1H3,(H,3,4);1H,(H3,2,3);1H3;;3*2H,1H2;/q;;;;;;;;;-1;;;;;+1. The zero-order valence-electron chi connectivity index (χ0n) is 74.5. The summed E-state index contributed by atoms with van der Waals surface area (Å²) in [6, 6.07) is 43.3. The third-order valence-corrected chi connectivity index (χ3v) is 17.1. The number of ether oxygens (including phenoxy) is 4. The molecule has 5 heterocycles. The molecule has 22 N–H and O–H groups in total. The van der Waals surface area contributed by atoms with Gasteiger partial charge in [-0.15, -0.1) is 15.0 Å². The Bertz CT molecular complexity index is 6440. The van der Waals surface area contributed by atoms with Crippen molar-refractivity contribution < 1.29 is 159 Å². The van der Waals surface area contributed by atoms with E-state index in [1.165, 1.54) is 104 Å². The Morgan fingerprint density at radius 1 is 0.493 bits per heavy atom. The van der Waals surface area contributed by atoms with Crippen molar-refractivity contribution in [2.45, 2.75) is 46.6 Å². The molecule has 0 aliphatic carbocycles. The van der Waals surface area contributed by atoms with E-state index in [0.717, 1.165) is 66.7 Å². The van der Waals surface area contributed by atoms with Gasteiger partial charge >= 0.3 is 35.5 Å². The molecule has 0 saturated heterocycles. The van der Waals surface area contributed by atoms with Crippen LogP contribution < -0.4 is 114 Å². The number of hydrogen-bond donors (Lipinski definition) is 16. The molecule has 0 saturated carbocycles. The number of nitrogens with zero attached hydrogens (tertiary/aromatic N) is 10. The second-order valence-corrected chi connectivity index (χ2v) is 29.3. The SMILES string of the molecule is CC(=O)O.CC(C)O.COc1ccc(CN(c2ccc(F)c(Cl)c2)c2ncnc3cc(CO)ccc23)cc1OC.COc1ccc(CN(c2ccc(F)c(Cl)c2)c2ncnc3cc(F)ccc23)cc1OC.C[O-].N=CN.NOO.NOO.NOO.NOOc1cc2c(Cl)ncnc2cc1F.Nc1cc(F)ccc1C(=O)O.O=S(Cl)Cl.O=c1[nH]cnc2cc(F)ccc12.O=c1[nH]cnc2cc(F)ccc12.[Na+]. The molecule has 0 amide bonds. The maximum atomic E-state index is 13.9. The van der Waals surface area contributed by atoms with E-state index in [4.69, 9.17) is 110 Å². The fourth-order valence-corrected chi connectivity index (χ4v) is 11.3. The number of carboxylic acid groups (broad SMARTS) is 2. The van der Waals surface area contributed by atoms with Crippen LogP contribution in [0.1, 0.15) is 47.8 Å². The molecule has 15 aromatic rings. The van der Waals surface area contributed by atoms with Crippen molar-refractivity contribution in [1.29, 1.82) is 5.41 Å². The number of aromatic nitrogens is 10. The van der Waals surface area contributed by atoms with E-state index in [9.17, 15) is 50.2 Å². The van der Waals surface area contributed by atoms with Gasteiger partial charge in [-0.1, -0.05) is 58.0 Å². The van der Waals surface area contributed by atoms with Crippen LogP contribution in [0, 0.1) is 46.1 Å². The van der Waals surface area contributed by atoms with E-state index in [2.05, 4.69) is 125 Å². The minimum Gasteiger partial charge on any atom is -0.857 e. The first kappa shape index (κ1) is 125. The summed E-state index contributed by atoms with van der Waals surface area (Å²) in [5.74, 6) is 14.4. The van der Waals surface area contributed by atoms with Crippen molar-refractivity contribution in [3.8, 4) is 28.7 Å². The fraction of sp³-hybridized carbons (Fsp3) is 0.141. The third kappa shape index (κ3) is 43.1.